The van der Waals surface area contributed by atoms with Crippen molar-refractivity contribution in [3.8, 4) is 11.5 Å². The molecule has 0 aliphatic carbocycles. The molecule has 0 bridgehead atoms. The summed E-state index contributed by atoms with van der Waals surface area (Å²) in [5, 5.41) is 0. The van der Waals surface area contributed by atoms with E-state index in [1.54, 1.807) is 0 Å². The van der Waals surface area contributed by atoms with Crippen molar-refractivity contribution in [2.24, 2.45) is 0 Å². The standard InChI is InChI=1S/C21H25BrO3/c1-5-6-16-7-9-17(10-8-16)25-21(23)13-24-20-11-15(4)19(22)12-18(20)14(2)3/h7-12,14H,5-6,13H2,1-4H3. The summed E-state index contributed by atoms with van der Waals surface area (Å²) in [6.07, 6.45) is 2.12. The number of carbonyl (C=O) groups is 1. The van der Waals surface area contributed by atoms with E-state index in [0.29, 0.717) is 11.7 Å². The lowest BCUT2D eigenvalue weighted by atomic mass is 10.0. The monoisotopic (exact) mass is 404 g/mol. The molecule has 0 spiro atoms. The smallest absolute Gasteiger partial charge is 0.349 e. The Hall–Kier alpha value is -1.81. The van der Waals surface area contributed by atoms with Crippen LogP contribution in [0.5, 0.6) is 11.5 Å². The van der Waals surface area contributed by atoms with Crippen molar-refractivity contribution in [1.29, 1.82) is 0 Å². The lowest BCUT2D eigenvalue weighted by molar-refractivity contribution is -0.136. The molecule has 0 aliphatic rings. The van der Waals surface area contributed by atoms with Crippen LogP contribution in [-0.2, 0) is 11.2 Å². The molecule has 2 rings (SSSR count). The molecule has 0 aromatic heterocycles. The predicted molar refractivity (Wildman–Crippen MR) is 105 cm³/mol. The Kier molecular flexibility index (Phi) is 7.06. The molecule has 2 aromatic rings. The van der Waals surface area contributed by atoms with Crippen molar-refractivity contribution in [1.82, 2.24) is 0 Å². The van der Waals surface area contributed by atoms with Crippen LogP contribution in [0.4, 0.5) is 0 Å². The molecule has 0 amide bonds. The third-order valence-electron chi connectivity index (χ3n) is 3.95. The number of ether oxygens (including phenoxy) is 2. The summed E-state index contributed by atoms with van der Waals surface area (Å²) in [6.45, 7) is 8.22. The van der Waals surface area contributed by atoms with Crippen LogP contribution in [0.3, 0.4) is 0 Å². The fourth-order valence-corrected chi connectivity index (χ4v) is 2.92. The molecule has 0 heterocycles. The van der Waals surface area contributed by atoms with Crippen LogP contribution < -0.4 is 9.47 Å². The number of hydrogen-bond donors (Lipinski definition) is 0. The molecule has 3 nitrogen and oxygen atoms in total. The molecule has 0 atom stereocenters. The maximum absolute atomic E-state index is 12.1. The molecular formula is C21H25BrO3. The normalized spacial score (nSPS) is 10.8. The minimum Gasteiger partial charge on any atom is -0.482 e. The highest BCUT2D eigenvalue weighted by Gasteiger charge is 2.13. The van der Waals surface area contributed by atoms with E-state index in [0.717, 1.165) is 34.2 Å². The van der Waals surface area contributed by atoms with Crippen molar-refractivity contribution in [2.45, 2.75) is 46.5 Å². The summed E-state index contributed by atoms with van der Waals surface area (Å²) in [7, 11) is 0. The number of benzene rings is 2. The molecule has 0 aliphatic heterocycles. The minimum absolute atomic E-state index is 0.114. The minimum atomic E-state index is -0.404. The number of carbonyl (C=O) groups excluding carboxylic acids is 1. The van der Waals surface area contributed by atoms with E-state index in [4.69, 9.17) is 9.47 Å². The molecule has 0 radical (unpaired) electrons. The molecule has 4 heteroatoms. The molecule has 0 saturated heterocycles. The first kappa shape index (κ1) is 19.5. The molecule has 0 saturated carbocycles. The first-order chi connectivity index (χ1) is 11.9. The summed E-state index contributed by atoms with van der Waals surface area (Å²) in [5.41, 5.74) is 3.37. The van der Waals surface area contributed by atoms with Gasteiger partial charge in [0.15, 0.2) is 6.61 Å². The van der Waals surface area contributed by atoms with E-state index < -0.39 is 5.97 Å². The number of rotatable bonds is 7. The Morgan fingerprint density at radius 2 is 1.84 bits per heavy atom. The van der Waals surface area contributed by atoms with Crippen LogP contribution in [0.25, 0.3) is 0 Å². The molecule has 0 unspecified atom stereocenters. The summed E-state index contributed by atoms with van der Waals surface area (Å²) in [6, 6.07) is 11.6. The van der Waals surface area contributed by atoms with Crippen LogP contribution in [-0.4, -0.2) is 12.6 Å². The van der Waals surface area contributed by atoms with E-state index in [1.807, 2.05) is 43.3 Å². The van der Waals surface area contributed by atoms with Crippen molar-refractivity contribution < 1.29 is 14.3 Å². The van der Waals surface area contributed by atoms with E-state index >= 15 is 0 Å². The molecule has 25 heavy (non-hydrogen) atoms. The van der Waals surface area contributed by atoms with Gasteiger partial charge in [0.2, 0.25) is 0 Å². The molecule has 0 N–H and O–H groups in total. The van der Waals surface area contributed by atoms with Gasteiger partial charge in [-0.2, -0.15) is 0 Å². The van der Waals surface area contributed by atoms with E-state index in [2.05, 4.69) is 36.7 Å². The van der Waals surface area contributed by atoms with Crippen molar-refractivity contribution in [3.05, 3.63) is 57.6 Å². The molecular weight excluding hydrogens is 380 g/mol. The maximum atomic E-state index is 12.1. The van der Waals surface area contributed by atoms with Gasteiger partial charge in [-0.1, -0.05) is 55.3 Å². The lowest BCUT2D eigenvalue weighted by Gasteiger charge is -2.15. The lowest BCUT2D eigenvalue weighted by Crippen LogP contribution is -2.18. The molecule has 0 fully saturated rings. The Morgan fingerprint density at radius 1 is 1.16 bits per heavy atom. The van der Waals surface area contributed by atoms with Gasteiger partial charge in [0.25, 0.3) is 0 Å². The number of halogens is 1. The van der Waals surface area contributed by atoms with Crippen LogP contribution in [0.2, 0.25) is 0 Å². The van der Waals surface area contributed by atoms with Gasteiger partial charge in [0, 0.05) is 4.47 Å². The van der Waals surface area contributed by atoms with Gasteiger partial charge < -0.3 is 9.47 Å². The largest absolute Gasteiger partial charge is 0.482 e. The summed E-state index contributed by atoms with van der Waals surface area (Å²) in [5.74, 6) is 1.17. The first-order valence-electron chi connectivity index (χ1n) is 8.63. The van der Waals surface area contributed by atoms with E-state index in [1.165, 1.54) is 5.56 Å². The van der Waals surface area contributed by atoms with Gasteiger partial charge >= 0.3 is 5.97 Å². The maximum Gasteiger partial charge on any atom is 0.349 e. The van der Waals surface area contributed by atoms with Crippen molar-refractivity contribution in [3.63, 3.8) is 0 Å². The van der Waals surface area contributed by atoms with Crippen LogP contribution in [0.15, 0.2) is 40.9 Å². The Morgan fingerprint density at radius 3 is 2.44 bits per heavy atom. The third-order valence-corrected chi connectivity index (χ3v) is 4.81. The highest BCUT2D eigenvalue weighted by molar-refractivity contribution is 9.10. The van der Waals surface area contributed by atoms with Gasteiger partial charge in [-0.3, -0.25) is 0 Å². The second-order valence-electron chi connectivity index (χ2n) is 6.45. The van der Waals surface area contributed by atoms with Gasteiger partial charge in [0.1, 0.15) is 11.5 Å². The Labute approximate surface area is 158 Å². The van der Waals surface area contributed by atoms with Gasteiger partial charge in [-0.15, -0.1) is 0 Å². The van der Waals surface area contributed by atoms with Crippen molar-refractivity contribution >= 4 is 21.9 Å². The topological polar surface area (TPSA) is 35.5 Å². The quantitative estimate of drug-likeness (QED) is 0.430. The second-order valence-corrected chi connectivity index (χ2v) is 7.30. The zero-order valence-electron chi connectivity index (χ0n) is 15.3. The van der Waals surface area contributed by atoms with E-state index in [-0.39, 0.29) is 6.61 Å². The fraction of sp³-hybridized carbons (Fsp3) is 0.381. The summed E-state index contributed by atoms with van der Waals surface area (Å²) >= 11 is 3.54. The summed E-state index contributed by atoms with van der Waals surface area (Å²) in [4.78, 5) is 12.1. The Bertz CT molecular complexity index is 721. The zero-order chi connectivity index (χ0) is 18.4. The molecule has 2 aromatic carbocycles. The Balaban J connectivity index is 1.99. The van der Waals surface area contributed by atoms with Gasteiger partial charge in [-0.05, 0) is 60.2 Å². The van der Waals surface area contributed by atoms with Crippen LogP contribution in [0, 0.1) is 6.92 Å². The third kappa shape index (κ3) is 5.60. The van der Waals surface area contributed by atoms with Crippen LogP contribution in [0.1, 0.15) is 49.8 Å². The average Bonchev–Trinajstić information content (AvgIpc) is 2.57. The predicted octanol–water partition coefficient (Wildman–Crippen LogP) is 5.82. The van der Waals surface area contributed by atoms with E-state index in [9.17, 15) is 4.79 Å². The first-order valence-corrected chi connectivity index (χ1v) is 9.42. The number of aryl methyl sites for hydroxylation is 2. The second kappa shape index (κ2) is 9.04. The van der Waals surface area contributed by atoms with Crippen molar-refractivity contribution in [2.75, 3.05) is 6.61 Å². The van der Waals surface area contributed by atoms with Gasteiger partial charge in [-0.25, -0.2) is 4.79 Å². The fourth-order valence-electron chi connectivity index (χ4n) is 2.56. The SMILES string of the molecule is CCCc1ccc(OC(=O)COc2cc(C)c(Br)cc2C(C)C)cc1. The van der Waals surface area contributed by atoms with Gasteiger partial charge in [0.05, 0.1) is 0 Å². The zero-order valence-corrected chi connectivity index (χ0v) is 16.9. The summed E-state index contributed by atoms with van der Waals surface area (Å²) < 4.78 is 12.1. The van der Waals surface area contributed by atoms with Crippen LogP contribution >= 0.6 is 15.9 Å². The average molecular weight is 405 g/mol. The number of hydrogen-bond acceptors (Lipinski definition) is 3. The molecule has 134 valence electrons. The highest BCUT2D eigenvalue weighted by atomic mass is 79.9. The number of esters is 1. The highest BCUT2D eigenvalue weighted by Crippen LogP contribution is 2.32.